The average molecular weight is 301 g/mol. The molecule has 2 heterocycles. The molecule has 6 heteroatoms. The van der Waals surface area contributed by atoms with Crippen molar-refractivity contribution in [2.24, 2.45) is 0 Å². The maximum atomic E-state index is 12.4. The van der Waals surface area contributed by atoms with E-state index in [9.17, 15) is 9.59 Å². The number of hydrogen-bond acceptors (Lipinski definition) is 3. The van der Waals surface area contributed by atoms with E-state index >= 15 is 0 Å². The van der Waals surface area contributed by atoms with Crippen LogP contribution in [0.5, 0.6) is 5.75 Å². The predicted octanol–water partition coefficient (Wildman–Crippen LogP) is 1.23. The van der Waals surface area contributed by atoms with E-state index in [1.54, 1.807) is 4.90 Å². The monoisotopic (exact) mass is 301 g/mol. The second kappa shape index (κ2) is 6.09. The summed E-state index contributed by atoms with van der Waals surface area (Å²) in [5, 5.41) is 5.42. The Morgan fingerprint density at radius 2 is 2.05 bits per heavy atom. The van der Waals surface area contributed by atoms with Crippen LogP contribution >= 0.6 is 0 Å². The third kappa shape index (κ3) is 2.90. The van der Waals surface area contributed by atoms with Gasteiger partial charge in [-0.05, 0) is 31.0 Å². The second-order valence-electron chi connectivity index (χ2n) is 5.36. The number of nitrogens with zero attached hydrogens (tertiary/aromatic N) is 1. The molecule has 0 radical (unpaired) electrons. The van der Waals surface area contributed by atoms with Gasteiger partial charge in [0.15, 0.2) is 0 Å². The molecule has 0 saturated heterocycles. The quantitative estimate of drug-likeness (QED) is 0.891. The van der Waals surface area contributed by atoms with Crippen molar-refractivity contribution in [3.05, 3.63) is 51.4 Å². The highest BCUT2D eigenvalue weighted by atomic mass is 16.5. The Morgan fingerprint density at radius 3 is 2.77 bits per heavy atom. The number of aromatic amines is 2. The Kier molecular flexibility index (Phi) is 4.00. The molecule has 1 aliphatic rings. The summed E-state index contributed by atoms with van der Waals surface area (Å²) < 4.78 is 5.39. The molecule has 0 spiro atoms. The normalized spacial score (nSPS) is 13.8. The van der Waals surface area contributed by atoms with Gasteiger partial charge in [0.05, 0.1) is 25.3 Å². The van der Waals surface area contributed by atoms with Crippen molar-refractivity contribution in [2.75, 3.05) is 13.2 Å². The standard InChI is InChI=1S/C16H19N3O3/c1-2-22-12-5-3-11(4-6-12)9-15(20)19-8-7-13-14(10-19)17-18-16(13)21/h3-6H,2,7-10H2,1H3,(H2,17,18,21). The zero-order valence-corrected chi connectivity index (χ0v) is 12.5. The molecule has 116 valence electrons. The Bertz CT molecular complexity index is 715. The average Bonchev–Trinajstić information content (AvgIpc) is 2.90. The van der Waals surface area contributed by atoms with Crippen LogP contribution in [0.2, 0.25) is 0 Å². The van der Waals surface area contributed by atoms with E-state index in [4.69, 9.17) is 4.74 Å². The summed E-state index contributed by atoms with van der Waals surface area (Å²) in [4.78, 5) is 25.7. The Labute approximate surface area is 128 Å². The molecule has 0 aliphatic carbocycles. The largest absolute Gasteiger partial charge is 0.494 e. The molecule has 3 rings (SSSR count). The maximum Gasteiger partial charge on any atom is 0.267 e. The molecule has 1 aromatic carbocycles. The smallest absolute Gasteiger partial charge is 0.267 e. The fraction of sp³-hybridized carbons (Fsp3) is 0.375. The highest BCUT2D eigenvalue weighted by molar-refractivity contribution is 5.79. The van der Waals surface area contributed by atoms with Gasteiger partial charge in [-0.25, -0.2) is 0 Å². The van der Waals surface area contributed by atoms with Gasteiger partial charge >= 0.3 is 0 Å². The van der Waals surface area contributed by atoms with Crippen LogP contribution in [0.25, 0.3) is 0 Å². The minimum Gasteiger partial charge on any atom is -0.494 e. The number of carbonyl (C=O) groups excluding carboxylic acids is 1. The first-order valence-electron chi connectivity index (χ1n) is 7.45. The molecule has 0 bridgehead atoms. The predicted molar refractivity (Wildman–Crippen MR) is 81.8 cm³/mol. The first kappa shape index (κ1) is 14.4. The summed E-state index contributed by atoms with van der Waals surface area (Å²) in [5.74, 6) is 0.878. The lowest BCUT2D eigenvalue weighted by Gasteiger charge is -2.26. The van der Waals surface area contributed by atoms with E-state index < -0.39 is 0 Å². The van der Waals surface area contributed by atoms with Gasteiger partial charge < -0.3 is 14.7 Å². The van der Waals surface area contributed by atoms with Crippen molar-refractivity contribution >= 4 is 5.91 Å². The molecule has 0 fully saturated rings. The van der Waals surface area contributed by atoms with E-state index in [2.05, 4.69) is 10.2 Å². The molecule has 6 nitrogen and oxygen atoms in total. The number of hydrogen-bond donors (Lipinski definition) is 2. The maximum absolute atomic E-state index is 12.4. The zero-order valence-electron chi connectivity index (χ0n) is 12.5. The molecule has 2 aromatic rings. The fourth-order valence-corrected chi connectivity index (χ4v) is 2.71. The Hall–Kier alpha value is -2.50. The minimum atomic E-state index is -0.0754. The van der Waals surface area contributed by atoms with Crippen molar-refractivity contribution in [3.8, 4) is 5.75 Å². The van der Waals surface area contributed by atoms with Gasteiger partial charge in [-0.2, -0.15) is 0 Å². The molecule has 1 amide bonds. The summed E-state index contributed by atoms with van der Waals surface area (Å²) >= 11 is 0. The van der Waals surface area contributed by atoms with Crippen LogP contribution in [-0.2, 0) is 24.2 Å². The van der Waals surface area contributed by atoms with Crippen LogP contribution in [0.4, 0.5) is 0 Å². The lowest BCUT2D eigenvalue weighted by Crippen LogP contribution is -2.37. The van der Waals surface area contributed by atoms with Crippen LogP contribution in [-0.4, -0.2) is 34.2 Å². The van der Waals surface area contributed by atoms with Gasteiger partial charge in [0.2, 0.25) is 5.91 Å². The first-order valence-corrected chi connectivity index (χ1v) is 7.45. The molecule has 0 atom stereocenters. The van der Waals surface area contributed by atoms with Crippen molar-refractivity contribution in [3.63, 3.8) is 0 Å². The van der Waals surface area contributed by atoms with Crippen LogP contribution in [0.15, 0.2) is 29.1 Å². The Morgan fingerprint density at radius 1 is 1.27 bits per heavy atom. The summed E-state index contributed by atoms with van der Waals surface area (Å²) in [5.41, 5.74) is 2.47. The lowest BCUT2D eigenvalue weighted by molar-refractivity contribution is -0.131. The molecular weight excluding hydrogens is 282 g/mol. The fourth-order valence-electron chi connectivity index (χ4n) is 2.71. The number of benzene rings is 1. The molecule has 0 saturated carbocycles. The molecule has 1 aliphatic heterocycles. The Balaban J connectivity index is 1.64. The molecule has 2 N–H and O–H groups in total. The van der Waals surface area contributed by atoms with Crippen molar-refractivity contribution < 1.29 is 9.53 Å². The summed E-state index contributed by atoms with van der Waals surface area (Å²) in [6, 6.07) is 7.58. The highest BCUT2D eigenvalue weighted by Crippen LogP contribution is 2.16. The first-order chi connectivity index (χ1) is 10.7. The lowest BCUT2D eigenvalue weighted by atomic mass is 10.1. The van der Waals surface area contributed by atoms with Crippen molar-refractivity contribution in [1.82, 2.24) is 15.1 Å². The summed E-state index contributed by atoms with van der Waals surface area (Å²) in [6.07, 6.45) is 0.958. The minimum absolute atomic E-state index is 0.0665. The molecule has 1 aromatic heterocycles. The summed E-state index contributed by atoms with van der Waals surface area (Å²) in [7, 11) is 0. The van der Waals surface area contributed by atoms with Gasteiger partial charge in [-0.15, -0.1) is 0 Å². The van der Waals surface area contributed by atoms with Crippen molar-refractivity contribution in [2.45, 2.75) is 26.3 Å². The van der Waals surface area contributed by atoms with E-state index in [0.29, 0.717) is 32.5 Å². The second-order valence-corrected chi connectivity index (χ2v) is 5.36. The number of H-pyrrole nitrogens is 2. The number of rotatable bonds is 4. The van der Waals surface area contributed by atoms with Gasteiger partial charge in [0.1, 0.15) is 5.75 Å². The number of nitrogens with one attached hydrogen (secondary N) is 2. The topological polar surface area (TPSA) is 78.2 Å². The van der Waals surface area contributed by atoms with Crippen LogP contribution in [0.3, 0.4) is 0 Å². The zero-order chi connectivity index (χ0) is 15.5. The van der Waals surface area contributed by atoms with Crippen LogP contribution in [0.1, 0.15) is 23.7 Å². The van der Waals surface area contributed by atoms with E-state index in [0.717, 1.165) is 22.6 Å². The summed E-state index contributed by atoms with van der Waals surface area (Å²) in [6.45, 7) is 3.62. The van der Waals surface area contributed by atoms with Crippen LogP contribution < -0.4 is 10.3 Å². The third-order valence-electron chi connectivity index (χ3n) is 3.89. The SMILES string of the molecule is CCOc1ccc(CC(=O)N2CCc3c([nH][nH]c3=O)C2)cc1. The van der Waals surface area contributed by atoms with Gasteiger partial charge in [-0.1, -0.05) is 12.1 Å². The van der Waals surface area contributed by atoms with E-state index in [1.165, 1.54) is 0 Å². The number of amides is 1. The van der Waals surface area contributed by atoms with E-state index in [-0.39, 0.29) is 11.5 Å². The number of ether oxygens (including phenoxy) is 1. The highest BCUT2D eigenvalue weighted by Gasteiger charge is 2.23. The molecular formula is C16H19N3O3. The number of fused-ring (bicyclic) bond motifs is 1. The molecule has 0 unspecified atom stereocenters. The van der Waals surface area contributed by atoms with E-state index in [1.807, 2.05) is 31.2 Å². The number of aromatic nitrogens is 2. The van der Waals surface area contributed by atoms with Gasteiger partial charge in [0, 0.05) is 12.1 Å². The molecule has 22 heavy (non-hydrogen) atoms. The number of carbonyl (C=O) groups is 1. The van der Waals surface area contributed by atoms with Crippen LogP contribution in [0, 0.1) is 0 Å². The van der Waals surface area contributed by atoms with Gasteiger partial charge in [-0.3, -0.25) is 14.7 Å². The third-order valence-corrected chi connectivity index (χ3v) is 3.89. The van der Waals surface area contributed by atoms with Crippen molar-refractivity contribution in [1.29, 1.82) is 0 Å². The van der Waals surface area contributed by atoms with Gasteiger partial charge in [0.25, 0.3) is 5.56 Å².